The zero-order chi connectivity index (χ0) is 29.0. The molecule has 2 atom stereocenters. The van der Waals surface area contributed by atoms with Crippen molar-refractivity contribution in [2.24, 2.45) is 0 Å². The number of carboxylic acids is 1. The summed E-state index contributed by atoms with van der Waals surface area (Å²) in [7, 11) is -4.01. The van der Waals surface area contributed by atoms with E-state index >= 15 is 0 Å². The first-order valence-electron chi connectivity index (χ1n) is 12.0. The maximum atomic E-state index is 13.5. The number of hydrogen-bond donors (Lipinski definition) is 2. The zero-order valence-electron chi connectivity index (χ0n) is 21.7. The number of nitrogens with one attached hydrogen (secondary N) is 1. The molecule has 2 aromatic rings. The van der Waals surface area contributed by atoms with Gasteiger partial charge in [-0.25, -0.2) is 9.36 Å². The second-order valence-corrected chi connectivity index (χ2v) is 10.2. The summed E-state index contributed by atoms with van der Waals surface area (Å²) in [5, 5.41) is 11.3. The molecule has 0 fully saturated rings. The van der Waals surface area contributed by atoms with Crippen LogP contribution in [0.25, 0.3) is 0 Å². The molecule has 2 N–H and O–H groups in total. The first-order chi connectivity index (χ1) is 18.4. The predicted molar refractivity (Wildman–Crippen MR) is 138 cm³/mol. The molecule has 0 aliphatic carbocycles. The van der Waals surface area contributed by atoms with Crippen LogP contribution in [0.15, 0.2) is 48.5 Å². The molecule has 2 rings (SSSR count). The van der Waals surface area contributed by atoms with Crippen LogP contribution in [0, 0.1) is 0 Å². The van der Waals surface area contributed by atoms with E-state index in [1.54, 1.807) is 37.3 Å². The van der Waals surface area contributed by atoms with Crippen molar-refractivity contribution in [3.63, 3.8) is 0 Å². The molecule has 0 aliphatic heterocycles. The maximum absolute atomic E-state index is 13.5. The van der Waals surface area contributed by atoms with Crippen LogP contribution in [0.2, 0.25) is 0 Å². The smallest absolute Gasteiger partial charge is 0.381 e. The molecule has 1 unspecified atom stereocenters. The van der Waals surface area contributed by atoms with Gasteiger partial charge in [0.05, 0.1) is 24.8 Å². The van der Waals surface area contributed by atoms with Gasteiger partial charge in [-0.2, -0.15) is 0 Å². The number of ketones is 1. The summed E-state index contributed by atoms with van der Waals surface area (Å²) in [4.78, 5) is 59.7. The quantitative estimate of drug-likeness (QED) is 0.140. The molecule has 0 bridgehead atoms. The summed E-state index contributed by atoms with van der Waals surface area (Å²) >= 11 is 0. The van der Waals surface area contributed by atoms with Gasteiger partial charge in [-0.3, -0.25) is 23.7 Å². The number of esters is 2. The molecule has 39 heavy (non-hydrogen) atoms. The third-order valence-corrected chi connectivity index (χ3v) is 6.86. The van der Waals surface area contributed by atoms with Crippen molar-refractivity contribution in [1.29, 1.82) is 0 Å². The summed E-state index contributed by atoms with van der Waals surface area (Å²) in [6.07, 6.45) is -2.26. The monoisotopic (exact) mass is 563 g/mol. The highest BCUT2D eigenvalue weighted by atomic mass is 31.2. The Kier molecular flexibility index (Phi) is 11.8. The molecule has 0 saturated heterocycles. The standard InChI is InChI=1S/C26H30NO11P/c1-4-35-26(33)17(2)37-39(34,38-20-8-6-5-7-9-20)15-14-27-25(32)21-16-19(22(29)11-13-24(30)31)10-12-23(21)36-18(3)28/h5-10,12,16-17H,4,11,13-15H2,1-3H3,(H,27,32)(H,30,31)/t17-,39?/m1/s1. The van der Waals surface area contributed by atoms with Crippen molar-refractivity contribution in [3.05, 3.63) is 59.7 Å². The Balaban J connectivity index is 2.21. The third kappa shape index (κ3) is 10.3. The number of carboxylic acid groups (broad SMARTS) is 1. The normalized spacial score (nSPS) is 12.9. The average molecular weight is 563 g/mol. The highest BCUT2D eigenvalue weighted by molar-refractivity contribution is 7.54. The molecule has 2 aromatic carbocycles. The Bertz CT molecular complexity index is 1250. The van der Waals surface area contributed by atoms with Gasteiger partial charge in [-0.05, 0) is 44.2 Å². The van der Waals surface area contributed by atoms with Crippen LogP contribution in [0.5, 0.6) is 11.5 Å². The average Bonchev–Trinajstić information content (AvgIpc) is 2.87. The lowest BCUT2D eigenvalue weighted by Crippen LogP contribution is -2.29. The number of aliphatic carboxylic acids is 1. The Labute approximate surface area is 225 Å². The van der Waals surface area contributed by atoms with E-state index in [1.165, 1.54) is 25.1 Å². The lowest BCUT2D eigenvalue weighted by Gasteiger charge is -2.22. The maximum Gasteiger partial charge on any atom is 0.381 e. The number of carbonyl (C=O) groups excluding carboxylic acids is 4. The highest BCUT2D eigenvalue weighted by Crippen LogP contribution is 2.49. The Hall–Kier alpha value is -4.02. The van der Waals surface area contributed by atoms with Crippen molar-refractivity contribution in [3.8, 4) is 11.5 Å². The lowest BCUT2D eigenvalue weighted by atomic mass is 10.0. The summed E-state index contributed by atoms with van der Waals surface area (Å²) in [6, 6.07) is 11.8. The van der Waals surface area contributed by atoms with Gasteiger partial charge in [-0.1, -0.05) is 18.2 Å². The first kappa shape index (κ1) is 31.2. The topological polar surface area (TPSA) is 172 Å². The summed E-state index contributed by atoms with van der Waals surface area (Å²) in [5.74, 6) is -3.82. The molecular formula is C26H30NO11P. The molecule has 0 heterocycles. The SMILES string of the molecule is CCOC(=O)[C@@H](C)OP(=O)(CCNC(=O)c1cc(C(=O)CCC(=O)O)ccc1OC(C)=O)Oc1ccccc1. The van der Waals surface area contributed by atoms with Crippen molar-refractivity contribution >= 4 is 37.2 Å². The number of amides is 1. The van der Waals surface area contributed by atoms with Gasteiger partial charge in [-0.15, -0.1) is 0 Å². The minimum Gasteiger partial charge on any atom is -0.481 e. The van der Waals surface area contributed by atoms with Gasteiger partial charge in [0.15, 0.2) is 11.9 Å². The minimum absolute atomic E-state index is 0.0435. The lowest BCUT2D eigenvalue weighted by molar-refractivity contribution is -0.150. The first-order valence-corrected chi connectivity index (χ1v) is 13.7. The van der Waals surface area contributed by atoms with Crippen LogP contribution >= 0.6 is 7.60 Å². The van der Waals surface area contributed by atoms with Gasteiger partial charge >= 0.3 is 25.5 Å². The number of carbonyl (C=O) groups is 5. The molecule has 0 aliphatic rings. The van der Waals surface area contributed by atoms with Gasteiger partial charge in [0, 0.05) is 25.5 Å². The molecule has 0 saturated carbocycles. The summed E-state index contributed by atoms with van der Waals surface area (Å²) in [5.41, 5.74) is -0.132. The van der Waals surface area contributed by atoms with Gasteiger partial charge < -0.3 is 24.4 Å². The van der Waals surface area contributed by atoms with E-state index < -0.39 is 49.7 Å². The Morgan fingerprint density at radius 2 is 1.72 bits per heavy atom. The fourth-order valence-electron chi connectivity index (χ4n) is 3.20. The molecule has 1 amide bonds. The zero-order valence-corrected chi connectivity index (χ0v) is 22.6. The fourth-order valence-corrected chi connectivity index (χ4v) is 4.83. The van der Waals surface area contributed by atoms with Gasteiger partial charge in [0.1, 0.15) is 11.5 Å². The van der Waals surface area contributed by atoms with Crippen LogP contribution in [-0.4, -0.2) is 60.1 Å². The number of ether oxygens (including phenoxy) is 2. The van der Waals surface area contributed by atoms with Crippen LogP contribution in [0.4, 0.5) is 0 Å². The molecule has 210 valence electrons. The van der Waals surface area contributed by atoms with E-state index in [1.807, 2.05) is 0 Å². The van der Waals surface area contributed by atoms with Crippen LogP contribution in [-0.2, 0) is 28.2 Å². The van der Waals surface area contributed by atoms with Gasteiger partial charge in [0.25, 0.3) is 5.91 Å². The Morgan fingerprint density at radius 3 is 2.33 bits per heavy atom. The second-order valence-electron chi connectivity index (χ2n) is 8.12. The molecule has 0 radical (unpaired) electrons. The molecule has 0 aromatic heterocycles. The Morgan fingerprint density at radius 1 is 1.03 bits per heavy atom. The van der Waals surface area contributed by atoms with E-state index in [0.29, 0.717) is 0 Å². The van der Waals surface area contributed by atoms with Crippen molar-refractivity contribution < 1.29 is 52.2 Å². The van der Waals surface area contributed by atoms with Crippen LogP contribution in [0.3, 0.4) is 0 Å². The number of Topliss-reactive ketones (excluding diaryl/α,β-unsaturated/α-hetero) is 1. The van der Waals surface area contributed by atoms with Crippen molar-refractivity contribution in [2.75, 3.05) is 19.3 Å². The van der Waals surface area contributed by atoms with E-state index in [9.17, 15) is 28.5 Å². The number of para-hydroxylation sites is 1. The predicted octanol–water partition coefficient (Wildman–Crippen LogP) is 3.63. The van der Waals surface area contributed by atoms with E-state index in [2.05, 4.69) is 5.32 Å². The molecule has 0 spiro atoms. The van der Waals surface area contributed by atoms with Crippen molar-refractivity contribution in [1.82, 2.24) is 5.32 Å². The molecule has 13 heteroatoms. The fraction of sp³-hybridized carbons (Fsp3) is 0.346. The van der Waals surface area contributed by atoms with Crippen LogP contribution in [0.1, 0.15) is 54.3 Å². The molecular weight excluding hydrogens is 533 g/mol. The number of benzene rings is 2. The highest BCUT2D eigenvalue weighted by Gasteiger charge is 2.32. The summed E-state index contributed by atoms with van der Waals surface area (Å²) < 4.78 is 34.5. The van der Waals surface area contributed by atoms with Gasteiger partial charge in [0.2, 0.25) is 0 Å². The third-order valence-electron chi connectivity index (χ3n) is 4.96. The van der Waals surface area contributed by atoms with E-state index in [4.69, 9.17) is 23.6 Å². The number of rotatable bonds is 15. The largest absolute Gasteiger partial charge is 0.481 e. The second kappa shape index (κ2) is 14.8. The van der Waals surface area contributed by atoms with E-state index in [-0.39, 0.29) is 48.4 Å². The van der Waals surface area contributed by atoms with Crippen LogP contribution < -0.4 is 14.6 Å². The number of hydrogen-bond acceptors (Lipinski definition) is 10. The minimum atomic E-state index is -4.01. The molecule has 12 nitrogen and oxygen atoms in total. The van der Waals surface area contributed by atoms with Crippen molar-refractivity contribution in [2.45, 2.75) is 39.7 Å². The summed E-state index contributed by atoms with van der Waals surface area (Å²) in [6.45, 7) is 3.94. The van der Waals surface area contributed by atoms with E-state index in [0.717, 1.165) is 6.92 Å².